The minimum Gasteiger partial charge on any atom is -0.352 e. The Kier molecular flexibility index (Phi) is 4.42. The van der Waals surface area contributed by atoms with Crippen molar-refractivity contribution in [3.8, 4) is 0 Å². The van der Waals surface area contributed by atoms with Crippen LogP contribution in [0.3, 0.4) is 0 Å². The molecule has 2 aliphatic heterocycles. The van der Waals surface area contributed by atoms with E-state index in [1.807, 2.05) is 18.2 Å². The van der Waals surface area contributed by atoms with Crippen molar-refractivity contribution in [3.05, 3.63) is 35.9 Å². The van der Waals surface area contributed by atoms with Gasteiger partial charge in [0.25, 0.3) is 5.91 Å². The number of likely N-dealkylation sites (tertiary alicyclic amines) is 1. The number of hydrogen-bond donors (Lipinski definition) is 2. The molecule has 1 aliphatic carbocycles. The van der Waals surface area contributed by atoms with Gasteiger partial charge in [0.2, 0.25) is 11.8 Å². The van der Waals surface area contributed by atoms with Crippen LogP contribution in [0.2, 0.25) is 0 Å². The first kappa shape index (κ1) is 17.1. The maximum Gasteiger partial charge on any atom is 0.253 e. The summed E-state index contributed by atoms with van der Waals surface area (Å²) in [6, 6.07) is 8.90. The summed E-state index contributed by atoms with van der Waals surface area (Å²) in [6.07, 6.45) is 5.45. The van der Waals surface area contributed by atoms with Gasteiger partial charge in [-0.25, -0.2) is 0 Å². The van der Waals surface area contributed by atoms with E-state index in [2.05, 4.69) is 10.6 Å². The Morgan fingerprint density at radius 3 is 2.62 bits per heavy atom. The molecule has 6 heteroatoms. The summed E-state index contributed by atoms with van der Waals surface area (Å²) in [5.74, 6) is -0.212. The lowest BCUT2D eigenvalue weighted by Gasteiger charge is -2.21. The molecule has 2 N–H and O–H groups in total. The highest BCUT2D eigenvalue weighted by Crippen LogP contribution is 2.40. The molecule has 138 valence electrons. The topological polar surface area (TPSA) is 78.5 Å². The van der Waals surface area contributed by atoms with Crippen molar-refractivity contribution >= 4 is 17.7 Å². The number of carbonyl (C=O) groups is 3. The van der Waals surface area contributed by atoms with Crippen LogP contribution in [0.25, 0.3) is 0 Å². The summed E-state index contributed by atoms with van der Waals surface area (Å²) in [4.78, 5) is 39.5. The van der Waals surface area contributed by atoms with Crippen molar-refractivity contribution in [1.82, 2.24) is 15.5 Å². The molecule has 4 rings (SSSR count). The Hall–Kier alpha value is -2.37. The fraction of sp³-hybridized carbons (Fsp3) is 0.550. The number of amides is 3. The van der Waals surface area contributed by atoms with Crippen molar-refractivity contribution in [3.63, 3.8) is 0 Å². The normalized spacial score (nSPS) is 28.5. The quantitative estimate of drug-likeness (QED) is 0.862. The Labute approximate surface area is 153 Å². The first-order chi connectivity index (χ1) is 12.6. The predicted octanol–water partition coefficient (Wildman–Crippen LogP) is 1.47. The van der Waals surface area contributed by atoms with Crippen LogP contribution in [-0.2, 0) is 9.59 Å². The van der Waals surface area contributed by atoms with Gasteiger partial charge in [-0.1, -0.05) is 31.0 Å². The average molecular weight is 355 g/mol. The van der Waals surface area contributed by atoms with Crippen molar-refractivity contribution in [2.45, 2.75) is 50.6 Å². The molecule has 2 saturated heterocycles. The molecule has 26 heavy (non-hydrogen) atoms. The molecule has 0 bridgehead atoms. The lowest BCUT2D eigenvalue weighted by atomic mass is 9.84. The van der Waals surface area contributed by atoms with Gasteiger partial charge in [0.15, 0.2) is 0 Å². The molecule has 0 radical (unpaired) electrons. The zero-order valence-electron chi connectivity index (χ0n) is 14.9. The van der Waals surface area contributed by atoms with Gasteiger partial charge < -0.3 is 15.5 Å². The van der Waals surface area contributed by atoms with Crippen molar-refractivity contribution in [2.75, 3.05) is 13.1 Å². The van der Waals surface area contributed by atoms with Crippen LogP contribution in [0.4, 0.5) is 0 Å². The molecule has 3 aliphatic rings. The Bertz CT molecular complexity index is 714. The summed E-state index contributed by atoms with van der Waals surface area (Å²) >= 11 is 0. The fourth-order valence-corrected chi connectivity index (χ4v) is 4.54. The molecule has 0 unspecified atom stereocenters. The maximum absolute atomic E-state index is 12.7. The van der Waals surface area contributed by atoms with E-state index in [-0.39, 0.29) is 23.8 Å². The van der Waals surface area contributed by atoms with Crippen molar-refractivity contribution in [1.29, 1.82) is 0 Å². The van der Waals surface area contributed by atoms with Gasteiger partial charge in [0, 0.05) is 24.7 Å². The molecule has 2 atom stereocenters. The van der Waals surface area contributed by atoms with E-state index in [1.165, 1.54) is 0 Å². The Balaban J connectivity index is 1.40. The predicted molar refractivity (Wildman–Crippen MR) is 96.3 cm³/mol. The first-order valence-corrected chi connectivity index (χ1v) is 9.53. The maximum atomic E-state index is 12.7. The number of nitrogens with zero attached hydrogens (tertiary/aromatic N) is 1. The zero-order chi connectivity index (χ0) is 18.1. The molecule has 2 heterocycles. The summed E-state index contributed by atoms with van der Waals surface area (Å²) in [5, 5.41) is 5.94. The highest BCUT2D eigenvalue weighted by Gasteiger charge is 2.53. The van der Waals surface area contributed by atoms with Gasteiger partial charge >= 0.3 is 0 Å². The largest absolute Gasteiger partial charge is 0.352 e. The second kappa shape index (κ2) is 6.74. The van der Waals surface area contributed by atoms with Gasteiger partial charge in [0.1, 0.15) is 6.04 Å². The zero-order valence-corrected chi connectivity index (χ0v) is 14.9. The minimum absolute atomic E-state index is 0.0471. The molecule has 3 fully saturated rings. The summed E-state index contributed by atoms with van der Waals surface area (Å²) < 4.78 is 0. The van der Waals surface area contributed by atoms with Gasteiger partial charge in [-0.3, -0.25) is 14.4 Å². The van der Waals surface area contributed by atoms with Crippen LogP contribution in [-0.4, -0.2) is 47.8 Å². The minimum atomic E-state index is -0.623. The van der Waals surface area contributed by atoms with Gasteiger partial charge in [-0.2, -0.15) is 0 Å². The van der Waals surface area contributed by atoms with Crippen LogP contribution >= 0.6 is 0 Å². The SMILES string of the molecule is O=C(NC1CCCC1)[C@@H]1C[C@@]2(CCN(C(=O)c3ccccc3)C2)C(=O)N1. The molecule has 1 saturated carbocycles. The Morgan fingerprint density at radius 1 is 1.15 bits per heavy atom. The summed E-state index contributed by atoms with van der Waals surface area (Å²) in [5.41, 5.74) is 0.0146. The first-order valence-electron chi connectivity index (χ1n) is 9.53. The molecular formula is C20H25N3O3. The lowest BCUT2D eigenvalue weighted by molar-refractivity contribution is -0.128. The molecule has 1 aromatic rings. The van der Waals surface area contributed by atoms with Crippen LogP contribution in [0.1, 0.15) is 48.9 Å². The number of nitrogens with one attached hydrogen (secondary N) is 2. The number of rotatable bonds is 3. The van der Waals surface area contributed by atoms with Crippen molar-refractivity contribution in [2.24, 2.45) is 5.41 Å². The second-order valence-electron chi connectivity index (χ2n) is 7.84. The van der Waals surface area contributed by atoms with E-state index >= 15 is 0 Å². The van der Waals surface area contributed by atoms with E-state index < -0.39 is 11.5 Å². The lowest BCUT2D eigenvalue weighted by Crippen LogP contribution is -2.45. The number of hydrogen-bond acceptors (Lipinski definition) is 3. The molecule has 0 aromatic heterocycles. The highest BCUT2D eigenvalue weighted by molar-refractivity contribution is 5.97. The number of benzene rings is 1. The smallest absolute Gasteiger partial charge is 0.253 e. The molecule has 6 nitrogen and oxygen atoms in total. The summed E-state index contributed by atoms with van der Waals surface area (Å²) in [6.45, 7) is 0.942. The molecule has 1 spiro atoms. The molecule has 3 amide bonds. The van der Waals surface area contributed by atoms with Gasteiger partial charge in [-0.05, 0) is 37.8 Å². The molecular weight excluding hydrogens is 330 g/mol. The van der Waals surface area contributed by atoms with Crippen LogP contribution in [0.15, 0.2) is 30.3 Å². The van der Waals surface area contributed by atoms with E-state index in [0.29, 0.717) is 31.5 Å². The third-order valence-electron chi connectivity index (χ3n) is 6.06. The van der Waals surface area contributed by atoms with Gasteiger partial charge in [-0.15, -0.1) is 0 Å². The van der Waals surface area contributed by atoms with Gasteiger partial charge in [0.05, 0.1) is 5.41 Å². The van der Waals surface area contributed by atoms with Crippen LogP contribution in [0, 0.1) is 5.41 Å². The standard InChI is InChI=1S/C20H25N3O3/c24-17(21-15-8-4-5-9-15)16-12-20(19(26)22-16)10-11-23(13-20)18(25)14-6-2-1-3-7-14/h1-3,6-7,15-16H,4-5,8-13H2,(H,21,24)(H,22,26)/t16-,20+/m0/s1. The van der Waals surface area contributed by atoms with Crippen LogP contribution in [0.5, 0.6) is 0 Å². The second-order valence-corrected chi connectivity index (χ2v) is 7.84. The van der Waals surface area contributed by atoms with Crippen LogP contribution < -0.4 is 10.6 Å². The highest BCUT2D eigenvalue weighted by atomic mass is 16.2. The Morgan fingerprint density at radius 2 is 1.88 bits per heavy atom. The third-order valence-corrected chi connectivity index (χ3v) is 6.06. The fourth-order valence-electron chi connectivity index (χ4n) is 4.54. The van der Waals surface area contributed by atoms with E-state index in [0.717, 1.165) is 25.7 Å². The monoisotopic (exact) mass is 355 g/mol. The third kappa shape index (κ3) is 3.08. The van der Waals surface area contributed by atoms with Crippen molar-refractivity contribution < 1.29 is 14.4 Å². The average Bonchev–Trinajstić information content (AvgIpc) is 3.38. The number of carbonyl (C=O) groups excluding carboxylic acids is 3. The van der Waals surface area contributed by atoms with E-state index in [1.54, 1.807) is 17.0 Å². The molecule has 1 aromatic carbocycles. The summed E-state index contributed by atoms with van der Waals surface area (Å²) in [7, 11) is 0. The van der Waals surface area contributed by atoms with E-state index in [4.69, 9.17) is 0 Å². The van der Waals surface area contributed by atoms with E-state index in [9.17, 15) is 14.4 Å².